The number of hydrogen-bond acceptors (Lipinski definition) is 4. The highest BCUT2D eigenvalue weighted by molar-refractivity contribution is 5.94. The van der Waals surface area contributed by atoms with Crippen LogP contribution in [0.1, 0.15) is 26.7 Å². The lowest BCUT2D eigenvalue weighted by atomic mass is 10.0. The van der Waals surface area contributed by atoms with Crippen LogP contribution in [-0.2, 0) is 9.59 Å². The molecule has 0 aliphatic heterocycles. The Morgan fingerprint density at radius 1 is 1.03 bits per heavy atom. The Kier molecular flexibility index (Phi) is 7.11. The van der Waals surface area contributed by atoms with Crippen LogP contribution in [0.4, 0.5) is 11.4 Å². The molecule has 6 nitrogen and oxygen atoms in total. The quantitative estimate of drug-likeness (QED) is 0.574. The van der Waals surface area contributed by atoms with E-state index in [-0.39, 0.29) is 30.4 Å². The Balaban J connectivity index is 1.44. The summed E-state index contributed by atoms with van der Waals surface area (Å²) in [7, 11) is 0. The van der Waals surface area contributed by atoms with Gasteiger partial charge in [0.2, 0.25) is 5.91 Å². The van der Waals surface area contributed by atoms with Crippen molar-refractivity contribution in [1.82, 2.24) is 5.32 Å². The van der Waals surface area contributed by atoms with Crippen molar-refractivity contribution in [2.45, 2.75) is 32.7 Å². The summed E-state index contributed by atoms with van der Waals surface area (Å²) in [6, 6.07) is 17.2. The van der Waals surface area contributed by atoms with Gasteiger partial charge in [0.15, 0.2) is 6.61 Å². The minimum Gasteiger partial charge on any atom is -0.484 e. The minimum atomic E-state index is -0.182. The van der Waals surface area contributed by atoms with Gasteiger partial charge in [0.25, 0.3) is 5.91 Å². The largest absolute Gasteiger partial charge is 0.484 e. The summed E-state index contributed by atoms with van der Waals surface area (Å²) < 4.78 is 5.59. The van der Waals surface area contributed by atoms with E-state index >= 15 is 0 Å². The number of nitrogens with one attached hydrogen (secondary N) is 3. The first-order valence-electron chi connectivity index (χ1n) is 10.1. The van der Waals surface area contributed by atoms with E-state index in [0.717, 1.165) is 18.5 Å². The van der Waals surface area contributed by atoms with Crippen molar-refractivity contribution in [3.05, 3.63) is 54.6 Å². The molecule has 154 valence electrons. The van der Waals surface area contributed by atoms with Crippen molar-refractivity contribution in [1.29, 1.82) is 0 Å². The van der Waals surface area contributed by atoms with Gasteiger partial charge in [-0.1, -0.05) is 38.1 Å². The van der Waals surface area contributed by atoms with Crippen molar-refractivity contribution < 1.29 is 14.3 Å². The molecular weight excluding hydrogens is 366 g/mol. The van der Waals surface area contributed by atoms with Crippen molar-refractivity contribution in [3.8, 4) is 5.75 Å². The summed E-state index contributed by atoms with van der Waals surface area (Å²) in [5.41, 5.74) is 1.72. The van der Waals surface area contributed by atoms with Crippen molar-refractivity contribution >= 4 is 23.2 Å². The zero-order valence-corrected chi connectivity index (χ0v) is 17.0. The van der Waals surface area contributed by atoms with Gasteiger partial charge >= 0.3 is 0 Å². The topological polar surface area (TPSA) is 79.5 Å². The van der Waals surface area contributed by atoms with Gasteiger partial charge in [-0.3, -0.25) is 9.59 Å². The monoisotopic (exact) mass is 395 g/mol. The molecule has 2 aromatic rings. The molecule has 3 N–H and O–H groups in total. The summed E-state index contributed by atoms with van der Waals surface area (Å²) >= 11 is 0. The predicted molar refractivity (Wildman–Crippen MR) is 115 cm³/mol. The van der Waals surface area contributed by atoms with E-state index in [1.165, 1.54) is 0 Å². The molecule has 0 aromatic heterocycles. The number of carbonyl (C=O) groups excluding carboxylic acids is 2. The fourth-order valence-corrected chi connectivity index (χ4v) is 2.88. The maximum absolute atomic E-state index is 12.2. The van der Waals surface area contributed by atoms with Gasteiger partial charge in [-0.25, -0.2) is 0 Å². The van der Waals surface area contributed by atoms with E-state index in [4.69, 9.17) is 4.74 Å². The lowest BCUT2D eigenvalue weighted by molar-refractivity contribution is -0.123. The van der Waals surface area contributed by atoms with Crippen LogP contribution in [0.15, 0.2) is 54.6 Å². The Bertz CT molecular complexity index is 819. The molecule has 1 saturated carbocycles. The third kappa shape index (κ3) is 6.82. The summed E-state index contributed by atoms with van der Waals surface area (Å²) in [5.74, 6) is 0.909. The van der Waals surface area contributed by atoms with Crippen LogP contribution in [0.2, 0.25) is 0 Å². The fraction of sp³-hybridized carbons (Fsp3) is 0.391. The van der Waals surface area contributed by atoms with E-state index in [0.29, 0.717) is 23.9 Å². The standard InChI is InChI=1S/C23H29N3O3/c1-16(2)21(25-18-7-4-3-5-8-18)14-24-22(27)15-29-20-10-6-9-19(13-20)26-23(28)17-11-12-17/h3-10,13,16-17,21,25H,11-12,14-15H2,1-2H3,(H,24,27)(H,26,28). The van der Waals surface area contributed by atoms with Crippen molar-refractivity contribution in [2.24, 2.45) is 11.8 Å². The normalized spacial score (nSPS) is 14.2. The third-order valence-electron chi connectivity index (χ3n) is 4.87. The first-order valence-corrected chi connectivity index (χ1v) is 10.1. The Labute approximate surface area is 172 Å². The molecule has 0 bridgehead atoms. The van der Waals surface area contributed by atoms with Gasteiger partial charge in [0, 0.05) is 35.9 Å². The summed E-state index contributed by atoms with van der Waals surface area (Å²) in [6.45, 7) is 4.66. The van der Waals surface area contributed by atoms with Crippen LogP contribution >= 0.6 is 0 Å². The van der Waals surface area contributed by atoms with E-state index in [9.17, 15) is 9.59 Å². The number of rotatable bonds is 10. The number of anilines is 2. The highest BCUT2D eigenvalue weighted by Gasteiger charge is 2.29. The molecule has 2 amide bonds. The molecule has 1 atom stereocenters. The van der Waals surface area contributed by atoms with Gasteiger partial charge in [0.1, 0.15) is 5.75 Å². The van der Waals surface area contributed by atoms with Crippen LogP contribution in [-0.4, -0.2) is 31.0 Å². The summed E-state index contributed by atoms with van der Waals surface area (Å²) in [4.78, 5) is 24.1. The van der Waals surface area contributed by atoms with Crippen molar-refractivity contribution in [2.75, 3.05) is 23.8 Å². The second kappa shape index (κ2) is 9.96. The number of benzene rings is 2. The Hall–Kier alpha value is -3.02. The molecule has 1 fully saturated rings. The van der Waals surface area contributed by atoms with Crippen LogP contribution in [0.5, 0.6) is 5.75 Å². The average Bonchev–Trinajstić information content (AvgIpc) is 3.56. The van der Waals surface area contributed by atoms with E-state index in [1.54, 1.807) is 18.2 Å². The van der Waals surface area contributed by atoms with Gasteiger partial charge < -0.3 is 20.7 Å². The predicted octanol–water partition coefficient (Wildman–Crippen LogP) is 3.67. The highest BCUT2D eigenvalue weighted by Crippen LogP contribution is 2.30. The second-order valence-electron chi connectivity index (χ2n) is 7.74. The number of para-hydroxylation sites is 1. The smallest absolute Gasteiger partial charge is 0.258 e. The molecule has 0 saturated heterocycles. The number of hydrogen-bond donors (Lipinski definition) is 3. The molecule has 29 heavy (non-hydrogen) atoms. The molecule has 0 spiro atoms. The summed E-state index contributed by atoms with van der Waals surface area (Å²) in [5, 5.41) is 9.26. The minimum absolute atomic E-state index is 0.0468. The Morgan fingerprint density at radius 3 is 2.45 bits per heavy atom. The van der Waals surface area contributed by atoms with Gasteiger partial charge in [-0.2, -0.15) is 0 Å². The molecule has 0 heterocycles. The first kappa shape index (κ1) is 20.7. The van der Waals surface area contributed by atoms with Crippen LogP contribution in [0.3, 0.4) is 0 Å². The third-order valence-corrected chi connectivity index (χ3v) is 4.87. The molecule has 1 unspecified atom stereocenters. The molecule has 0 radical (unpaired) electrons. The van der Waals surface area contributed by atoms with Crippen molar-refractivity contribution in [3.63, 3.8) is 0 Å². The SMILES string of the molecule is CC(C)C(CNC(=O)COc1cccc(NC(=O)C2CC2)c1)Nc1ccccc1. The number of amides is 2. The van der Waals surface area contributed by atoms with Crippen LogP contribution in [0.25, 0.3) is 0 Å². The van der Waals surface area contributed by atoms with Gasteiger partial charge in [0.05, 0.1) is 0 Å². The maximum Gasteiger partial charge on any atom is 0.258 e. The zero-order chi connectivity index (χ0) is 20.6. The fourth-order valence-electron chi connectivity index (χ4n) is 2.88. The molecule has 1 aliphatic rings. The van der Waals surface area contributed by atoms with Gasteiger partial charge in [-0.15, -0.1) is 0 Å². The lowest BCUT2D eigenvalue weighted by Crippen LogP contribution is -2.41. The average molecular weight is 396 g/mol. The zero-order valence-electron chi connectivity index (χ0n) is 17.0. The number of ether oxygens (including phenoxy) is 1. The maximum atomic E-state index is 12.2. The summed E-state index contributed by atoms with van der Waals surface area (Å²) in [6.07, 6.45) is 1.91. The van der Waals surface area contributed by atoms with Gasteiger partial charge in [-0.05, 0) is 43.0 Å². The lowest BCUT2D eigenvalue weighted by Gasteiger charge is -2.24. The van der Waals surface area contributed by atoms with Crippen LogP contribution < -0.4 is 20.7 Å². The molecular formula is C23H29N3O3. The van der Waals surface area contributed by atoms with E-state index in [1.807, 2.05) is 36.4 Å². The first-order chi connectivity index (χ1) is 14.0. The second-order valence-corrected chi connectivity index (χ2v) is 7.74. The van der Waals surface area contributed by atoms with E-state index < -0.39 is 0 Å². The van der Waals surface area contributed by atoms with E-state index in [2.05, 4.69) is 29.8 Å². The Morgan fingerprint density at radius 2 is 1.76 bits per heavy atom. The molecule has 2 aromatic carbocycles. The molecule has 3 rings (SSSR count). The molecule has 6 heteroatoms. The highest BCUT2D eigenvalue weighted by atomic mass is 16.5. The van der Waals surface area contributed by atoms with Crippen LogP contribution in [0, 0.1) is 11.8 Å². The molecule has 1 aliphatic carbocycles. The number of carbonyl (C=O) groups is 2.